The lowest BCUT2D eigenvalue weighted by Crippen LogP contribution is -2.54. The second-order valence-corrected chi connectivity index (χ2v) is 7.59. The first-order valence-corrected chi connectivity index (χ1v) is 9.85. The third-order valence-electron chi connectivity index (χ3n) is 5.01. The van der Waals surface area contributed by atoms with Crippen molar-refractivity contribution in [2.75, 3.05) is 12.0 Å². The van der Waals surface area contributed by atoms with Crippen LogP contribution >= 0.6 is 12.2 Å². The quantitative estimate of drug-likeness (QED) is 0.393. The van der Waals surface area contributed by atoms with Gasteiger partial charge in [0.25, 0.3) is 11.8 Å². The van der Waals surface area contributed by atoms with Crippen LogP contribution in [0.2, 0.25) is 0 Å². The van der Waals surface area contributed by atoms with Crippen LogP contribution in [0, 0.1) is 13.8 Å². The molecule has 1 fully saturated rings. The van der Waals surface area contributed by atoms with Crippen LogP contribution in [0.4, 0.5) is 5.69 Å². The molecule has 5 nitrogen and oxygen atoms in total. The van der Waals surface area contributed by atoms with Gasteiger partial charge in [0.15, 0.2) is 5.11 Å². The fraction of sp³-hybridized carbons (Fsp3) is 0.125. The summed E-state index contributed by atoms with van der Waals surface area (Å²) in [5.74, 6) is -0.419. The summed E-state index contributed by atoms with van der Waals surface area (Å²) in [6.07, 6.45) is 1.58. The van der Waals surface area contributed by atoms with Crippen LogP contribution in [-0.4, -0.2) is 24.0 Å². The smallest absolute Gasteiger partial charge is 0.270 e. The molecule has 0 spiro atoms. The van der Waals surface area contributed by atoms with Crippen LogP contribution in [0.3, 0.4) is 0 Å². The molecule has 0 aromatic heterocycles. The molecular formula is C24H20N2O3S. The van der Waals surface area contributed by atoms with Crippen molar-refractivity contribution in [3.8, 4) is 5.75 Å². The number of fused-ring (bicyclic) bond motifs is 1. The van der Waals surface area contributed by atoms with Gasteiger partial charge in [-0.25, -0.2) is 0 Å². The standard InChI is InChI=1S/C24H20N2O3S/c1-14-10-15(2)12-17(11-14)26-23(28)20(22(27)25-24(26)30)13-19-18-7-5-4-6-16(18)8-9-21(19)29-3/h4-13H,1-3H3,(H,25,27,30)/b20-13-. The molecule has 1 heterocycles. The molecule has 6 heteroatoms. The van der Waals surface area contributed by atoms with Crippen molar-refractivity contribution in [1.82, 2.24) is 5.32 Å². The number of carbonyl (C=O) groups is 2. The summed E-state index contributed by atoms with van der Waals surface area (Å²) >= 11 is 5.31. The molecule has 0 aliphatic carbocycles. The Morgan fingerprint density at radius 2 is 1.70 bits per heavy atom. The van der Waals surface area contributed by atoms with Crippen molar-refractivity contribution in [1.29, 1.82) is 0 Å². The van der Waals surface area contributed by atoms with E-state index in [2.05, 4.69) is 5.32 Å². The van der Waals surface area contributed by atoms with Gasteiger partial charge in [0.05, 0.1) is 12.8 Å². The van der Waals surface area contributed by atoms with E-state index >= 15 is 0 Å². The van der Waals surface area contributed by atoms with Crippen molar-refractivity contribution in [2.45, 2.75) is 13.8 Å². The van der Waals surface area contributed by atoms with E-state index in [1.807, 2.05) is 68.4 Å². The zero-order valence-electron chi connectivity index (χ0n) is 16.9. The molecule has 0 unspecified atom stereocenters. The summed E-state index contributed by atoms with van der Waals surface area (Å²) in [7, 11) is 1.56. The molecule has 1 N–H and O–H groups in total. The van der Waals surface area contributed by atoms with E-state index in [4.69, 9.17) is 17.0 Å². The van der Waals surface area contributed by atoms with Crippen LogP contribution in [0.15, 0.2) is 60.2 Å². The highest BCUT2D eigenvalue weighted by Gasteiger charge is 2.35. The van der Waals surface area contributed by atoms with Crippen LogP contribution in [0.25, 0.3) is 16.8 Å². The zero-order chi connectivity index (χ0) is 21.4. The lowest BCUT2D eigenvalue weighted by Gasteiger charge is -2.29. The Kier molecular flexibility index (Phi) is 5.10. The van der Waals surface area contributed by atoms with Crippen molar-refractivity contribution in [2.24, 2.45) is 0 Å². The molecular weight excluding hydrogens is 396 g/mol. The molecule has 0 saturated carbocycles. The van der Waals surface area contributed by atoms with Crippen LogP contribution in [0.5, 0.6) is 5.75 Å². The minimum atomic E-state index is -0.527. The molecule has 30 heavy (non-hydrogen) atoms. The Morgan fingerprint density at radius 1 is 1.00 bits per heavy atom. The van der Waals surface area contributed by atoms with E-state index in [9.17, 15) is 9.59 Å². The summed E-state index contributed by atoms with van der Waals surface area (Å²) in [4.78, 5) is 27.4. The molecule has 1 aliphatic rings. The van der Waals surface area contributed by atoms with Gasteiger partial charge in [-0.1, -0.05) is 36.4 Å². The largest absolute Gasteiger partial charge is 0.496 e. The van der Waals surface area contributed by atoms with Crippen molar-refractivity contribution >= 4 is 51.7 Å². The molecule has 150 valence electrons. The Balaban J connectivity index is 1.87. The number of aryl methyl sites for hydroxylation is 2. The average Bonchev–Trinajstić information content (AvgIpc) is 2.70. The third kappa shape index (κ3) is 3.46. The molecule has 1 saturated heterocycles. The second-order valence-electron chi connectivity index (χ2n) is 7.21. The third-order valence-corrected chi connectivity index (χ3v) is 5.29. The number of nitrogens with one attached hydrogen (secondary N) is 1. The molecule has 0 bridgehead atoms. The monoisotopic (exact) mass is 416 g/mol. The lowest BCUT2D eigenvalue weighted by atomic mass is 9.99. The van der Waals surface area contributed by atoms with Crippen LogP contribution in [-0.2, 0) is 9.59 Å². The molecule has 0 atom stereocenters. The second kappa shape index (κ2) is 7.72. The van der Waals surface area contributed by atoms with Crippen molar-refractivity contribution in [3.05, 3.63) is 76.9 Å². The fourth-order valence-corrected chi connectivity index (χ4v) is 4.00. The summed E-state index contributed by atoms with van der Waals surface area (Å²) in [5.41, 5.74) is 3.29. The minimum absolute atomic E-state index is 0.00240. The van der Waals surface area contributed by atoms with Crippen molar-refractivity contribution < 1.29 is 14.3 Å². The van der Waals surface area contributed by atoms with Gasteiger partial charge in [-0.05, 0) is 72.2 Å². The van der Waals surface area contributed by atoms with Gasteiger partial charge in [-0.3, -0.25) is 19.8 Å². The number of anilines is 1. The maximum atomic E-state index is 13.4. The van der Waals surface area contributed by atoms with E-state index in [-0.39, 0.29) is 10.7 Å². The zero-order valence-corrected chi connectivity index (χ0v) is 17.7. The summed E-state index contributed by atoms with van der Waals surface area (Å²) < 4.78 is 5.50. The first kappa shape index (κ1) is 19.8. The number of hydrogen-bond donors (Lipinski definition) is 1. The number of hydrogen-bond acceptors (Lipinski definition) is 4. The summed E-state index contributed by atoms with van der Waals surface area (Å²) in [6.45, 7) is 3.90. The van der Waals surface area contributed by atoms with Gasteiger partial charge in [0.2, 0.25) is 0 Å². The number of benzene rings is 3. The van der Waals surface area contributed by atoms with Crippen molar-refractivity contribution in [3.63, 3.8) is 0 Å². The first-order chi connectivity index (χ1) is 14.4. The molecule has 1 aliphatic heterocycles. The van der Waals surface area contributed by atoms with Gasteiger partial charge >= 0.3 is 0 Å². The number of rotatable bonds is 3. The fourth-order valence-electron chi connectivity index (χ4n) is 3.72. The predicted molar refractivity (Wildman–Crippen MR) is 123 cm³/mol. The molecule has 3 aromatic rings. The number of ether oxygens (including phenoxy) is 1. The maximum Gasteiger partial charge on any atom is 0.270 e. The van der Waals surface area contributed by atoms with Gasteiger partial charge < -0.3 is 4.74 Å². The first-order valence-electron chi connectivity index (χ1n) is 9.44. The highest BCUT2D eigenvalue weighted by Crippen LogP contribution is 2.31. The normalized spacial score (nSPS) is 15.6. The Morgan fingerprint density at radius 3 is 2.40 bits per heavy atom. The van der Waals surface area contributed by atoms with E-state index < -0.39 is 11.8 Å². The molecule has 2 amide bonds. The van der Waals surface area contributed by atoms with Gasteiger partial charge in [-0.15, -0.1) is 0 Å². The summed E-state index contributed by atoms with van der Waals surface area (Å²) in [5, 5.41) is 4.58. The topological polar surface area (TPSA) is 58.6 Å². The predicted octanol–water partition coefficient (Wildman–Crippen LogP) is 4.30. The highest BCUT2D eigenvalue weighted by molar-refractivity contribution is 7.80. The Hall–Kier alpha value is -3.51. The number of thiocarbonyl (C=S) groups is 1. The van der Waals surface area contributed by atoms with Gasteiger partial charge in [0, 0.05) is 5.56 Å². The molecule has 0 radical (unpaired) electrons. The molecule has 4 rings (SSSR count). The summed E-state index contributed by atoms with van der Waals surface area (Å²) in [6, 6.07) is 17.3. The van der Waals surface area contributed by atoms with E-state index in [1.54, 1.807) is 13.2 Å². The molecule has 3 aromatic carbocycles. The van der Waals surface area contributed by atoms with Crippen LogP contribution < -0.4 is 15.0 Å². The lowest BCUT2D eigenvalue weighted by molar-refractivity contribution is -0.122. The van der Waals surface area contributed by atoms with Crippen LogP contribution in [0.1, 0.15) is 16.7 Å². The number of nitrogens with zero attached hydrogens (tertiary/aromatic N) is 1. The van der Waals surface area contributed by atoms with E-state index in [1.165, 1.54) is 4.90 Å². The van der Waals surface area contributed by atoms with E-state index in [0.717, 1.165) is 21.9 Å². The SMILES string of the molecule is COc1ccc2ccccc2c1/C=C1/C(=O)NC(=S)N(c2cc(C)cc(C)c2)C1=O. The maximum absolute atomic E-state index is 13.4. The Labute approximate surface area is 179 Å². The van der Waals surface area contributed by atoms with Gasteiger partial charge in [0.1, 0.15) is 11.3 Å². The van der Waals surface area contributed by atoms with E-state index in [0.29, 0.717) is 17.0 Å². The average molecular weight is 417 g/mol. The Bertz CT molecular complexity index is 1230. The number of methoxy groups -OCH3 is 1. The van der Waals surface area contributed by atoms with Gasteiger partial charge in [-0.2, -0.15) is 0 Å². The highest BCUT2D eigenvalue weighted by atomic mass is 32.1. The minimum Gasteiger partial charge on any atom is -0.496 e. The number of amides is 2. The number of carbonyl (C=O) groups excluding carboxylic acids is 2.